The number of nitrogens with zero attached hydrogens (tertiary/aromatic N) is 3. The van der Waals surface area contributed by atoms with Gasteiger partial charge in [0, 0.05) is 30.6 Å². The van der Waals surface area contributed by atoms with Gasteiger partial charge >= 0.3 is 0 Å². The van der Waals surface area contributed by atoms with Crippen molar-refractivity contribution < 1.29 is 4.74 Å². The van der Waals surface area contributed by atoms with Crippen molar-refractivity contribution in [1.82, 2.24) is 9.78 Å². The van der Waals surface area contributed by atoms with E-state index in [4.69, 9.17) is 4.74 Å². The molecule has 4 heteroatoms. The Kier molecular flexibility index (Phi) is 3.09. The Morgan fingerprint density at radius 3 is 3.05 bits per heavy atom. The van der Waals surface area contributed by atoms with Crippen molar-refractivity contribution in [3.8, 4) is 34.9 Å². The third kappa shape index (κ3) is 2.34. The Morgan fingerprint density at radius 1 is 1.32 bits per heavy atom. The van der Waals surface area contributed by atoms with Crippen molar-refractivity contribution in [3.63, 3.8) is 0 Å². The molecular weight excluding hydrogens is 274 g/mol. The average molecular weight is 289 g/mol. The normalized spacial score (nSPS) is 16.0. The highest BCUT2D eigenvalue weighted by Gasteiger charge is 2.20. The first-order valence-electron chi connectivity index (χ1n) is 7.60. The van der Waals surface area contributed by atoms with Gasteiger partial charge < -0.3 is 4.74 Å². The van der Waals surface area contributed by atoms with Crippen LogP contribution in [0.4, 0.5) is 0 Å². The lowest BCUT2D eigenvalue weighted by Crippen LogP contribution is -2.12. The van der Waals surface area contributed by atoms with Crippen molar-refractivity contribution in [3.05, 3.63) is 35.5 Å². The van der Waals surface area contributed by atoms with Gasteiger partial charge in [-0.05, 0) is 31.0 Å². The molecule has 0 atom stereocenters. The van der Waals surface area contributed by atoms with Crippen molar-refractivity contribution in [1.29, 1.82) is 5.26 Å². The van der Waals surface area contributed by atoms with E-state index in [1.54, 1.807) is 6.20 Å². The highest BCUT2D eigenvalue weighted by atomic mass is 16.5. The first-order valence-corrected chi connectivity index (χ1v) is 7.60. The van der Waals surface area contributed by atoms with E-state index >= 15 is 0 Å². The van der Waals surface area contributed by atoms with Crippen LogP contribution in [0.3, 0.4) is 0 Å². The second-order valence-corrected chi connectivity index (χ2v) is 5.69. The van der Waals surface area contributed by atoms with Gasteiger partial charge in [-0.15, -0.1) is 0 Å². The SMILES string of the molecule is N#Cc1cc(C#CC2CC2)cc2c1-c1ccnn1CCCO2. The molecule has 1 aliphatic heterocycles. The summed E-state index contributed by atoms with van der Waals surface area (Å²) in [5, 5.41) is 13.9. The number of ether oxygens (including phenoxy) is 1. The number of fused-ring (bicyclic) bond motifs is 3. The van der Waals surface area contributed by atoms with Crippen molar-refractivity contribution in [2.75, 3.05) is 6.61 Å². The van der Waals surface area contributed by atoms with Gasteiger partial charge in [-0.2, -0.15) is 10.4 Å². The molecule has 4 rings (SSSR count). The predicted molar refractivity (Wildman–Crippen MR) is 82.1 cm³/mol. The molecule has 0 spiro atoms. The predicted octanol–water partition coefficient (Wildman–Crippen LogP) is 2.97. The second-order valence-electron chi connectivity index (χ2n) is 5.69. The minimum absolute atomic E-state index is 0.537. The number of hydrogen-bond donors (Lipinski definition) is 0. The summed E-state index contributed by atoms with van der Waals surface area (Å²) in [6.07, 6.45) is 5.05. The van der Waals surface area contributed by atoms with Crippen LogP contribution < -0.4 is 4.74 Å². The summed E-state index contributed by atoms with van der Waals surface area (Å²) in [4.78, 5) is 0. The quantitative estimate of drug-likeness (QED) is 0.701. The highest BCUT2D eigenvalue weighted by Crippen LogP contribution is 2.36. The van der Waals surface area contributed by atoms with Gasteiger partial charge in [-0.25, -0.2) is 0 Å². The van der Waals surface area contributed by atoms with E-state index in [2.05, 4.69) is 23.0 Å². The van der Waals surface area contributed by atoms with E-state index in [1.165, 1.54) is 12.8 Å². The molecular formula is C18H15N3O. The summed E-state index contributed by atoms with van der Waals surface area (Å²) >= 11 is 0. The van der Waals surface area contributed by atoms with Gasteiger partial charge in [-0.1, -0.05) is 11.8 Å². The van der Waals surface area contributed by atoms with Gasteiger partial charge in [0.1, 0.15) is 11.8 Å². The Bertz CT molecular complexity index is 828. The van der Waals surface area contributed by atoms with Crippen LogP contribution in [0.25, 0.3) is 11.3 Å². The molecule has 4 nitrogen and oxygen atoms in total. The third-order valence-corrected chi connectivity index (χ3v) is 3.97. The Balaban J connectivity index is 1.88. The number of aromatic nitrogens is 2. The molecule has 0 saturated heterocycles. The number of benzene rings is 1. The zero-order valence-electron chi connectivity index (χ0n) is 12.2. The monoisotopic (exact) mass is 289 g/mol. The van der Waals surface area contributed by atoms with Crippen molar-refractivity contribution in [2.45, 2.75) is 25.8 Å². The molecule has 108 valence electrons. The van der Waals surface area contributed by atoms with Crippen molar-refractivity contribution in [2.24, 2.45) is 5.92 Å². The Labute approximate surface area is 129 Å². The number of hydrogen-bond acceptors (Lipinski definition) is 3. The smallest absolute Gasteiger partial charge is 0.131 e. The summed E-state index contributed by atoms with van der Waals surface area (Å²) in [6.45, 7) is 1.42. The number of aryl methyl sites for hydroxylation is 1. The molecule has 0 unspecified atom stereocenters. The molecule has 22 heavy (non-hydrogen) atoms. The topological polar surface area (TPSA) is 50.8 Å². The lowest BCUT2D eigenvalue weighted by Gasteiger charge is -2.18. The second kappa shape index (κ2) is 5.24. The van der Waals surface area contributed by atoms with Crippen LogP contribution >= 0.6 is 0 Å². The number of rotatable bonds is 0. The zero-order valence-corrected chi connectivity index (χ0v) is 12.2. The highest BCUT2D eigenvalue weighted by molar-refractivity contribution is 5.76. The number of nitriles is 1. The van der Waals surface area contributed by atoms with Crippen LogP contribution in [0.15, 0.2) is 24.4 Å². The maximum Gasteiger partial charge on any atom is 0.131 e. The lowest BCUT2D eigenvalue weighted by molar-refractivity contribution is 0.295. The molecule has 0 amide bonds. The molecule has 1 aromatic heterocycles. The van der Waals surface area contributed by atoms with Crippen LogP contribution in [0, 0.1) is 29.1 Å². The fourth-order valence-electron chi connectivity index (χ4n) is 2.69. The van der Waals surface area contributed by atoms with E-state index < -0.39 is 0 Å². The largest absolute Gasteiger partial charge is 0.493 e. The molecule has 1 fully saturated rings. The molecule has 2 heterocycles. The molecule has 1 saturated carbocycles. The van der Waals surface area contributed by atoms with Gasteiger partial charge in [0.2, 0.25) is 0 Å². The molecule has 1 aliphatic carbocycles. The lowest BCUT2D eigenvalue weighted by atomic mass is 10.00. The molecule has 2 aliphatic rings. The van der Waals surface area contributed by atoms with Gasteiger partial charge in [0.05, 0.1) is 23.4 Å². The van der Waals surface area contributed by atoms with E-state index in [1.807, 2.05) is 22.9 Å². The van der Waals surface area contributed by atoms with Gasteiger partial charge in [0.15, 0.2) is 0 Å². The van der Waals surface area contributed by atoms with E-state index in [0.717, 1.165) is 35.5 Å². The maximum absolute atomic E-state index is 9.55. The molecule has 2 aromatic rings. The Hall–Kier alpha value is -2.72. The molecule has 0 N–H and O–H groups in total. The van der Waals surface area contributed by atoms with Gasteiger partial charge in [-0.3, -0.25) is 4.68 Å². The standard InChI is InChI=1S/C18H15N3O/c19-12-15-10-14(5-4-13-2-3-13)11-17-18(15)16-6-7-20-21(16)8-1-9-22-17/h6-7,10-11,13H,1-3,8-9H2. The van der Waals surface area contributed by atoms with E-state index in [9.17, 15) is 5.26 Å². The molecule has 0 bridgehead atoms. The minimum atomic E-state index is 0.537. The summed E-state index contributed by atoms with van der Waals surface area (Å²) in [5.41, 5.74) is 3.22. The first kappa shape index (κ1) is 13.0. The maximum atomic E-state index is 9.55. The minimum Gasteiger partial charge on any atom is -0.493 e. The summed E-state index contributed by atoms with van der Waals surface area (Å²) in [7, 11) is 0. The summed E-state index contributed by atoms with van der Waals surface area (Å²) in [6, 6.07) is 8.03. The summed E-state index contributed by atoms with van der Waals surface area (Å²) < 4.78 is 7.84. The van der Waals surface area contributed by atoms with E-state index in [0.29, 0.717) is 18.1 Å². The zero-order chi connectivity index (χ0) is 14.9. The average Bonchev–Trinajstić information content (AvgIpc) is 3.25. The Morgan fingerprint density at radius 2 is 2.23 bits per heavy atom. The van der Waals surface area contributed by atoms with Crippen LogP contribution in [-0.2, 0) is 6.54 Å². The van der Waals surface area contributed by atoms with Crippen LogP contribution in [0.2, 0.25) is 0 Å². The fourth-order valence-corrected chi connectivity index (χ4v) is 2.69. The van der Waals surface area contributed by atoms with Crippen LogP contribution in [0.1, 0.15) is 30.4 Å². The summed E-state index contributed by atoms with van der Waals surface area (Å²) in [5.74, 6) is 7.70. The van der Waals surface area contributed by atoms with Crippen molar-refractivity contribution >= 4 is 0 Å². The molecule has 0 radical (unpaired) electrons. The van der Waals surface area contributed by atoms with Gasteiger partial charge in [0.25, 0.3) is 0 Å². The molecule has 1 aromatic carbocycles. The fraction of sp³-hybridized carbons (Fsp3) is 0.333. The first-order chi connectivity index (χ1) is 10.8. The third-order valence-electron chi connectivity index (χ3n) is 3.97. The van der Waals surface area contributed by atoms with Crippen LogP contribution in [0.5, 0.6) is 5.75 Å². The van der Waals surface area contributed by atoms with Crippen LogP contribution in [-0.4, -0.2) is 16.4 Å². The van der Waals surface area contributed by atoms with E-state index in [-0.39, 0.29) is 0 Å².